The van der Waals surface area contributed by atoms with Crippen LogP contribution in [0.4, 0.5) is 5.69 Å². The fourth-order valence-corrected chi connectivity index (χ4v) is 3.70. The number of rotatable bonds is 9. The van der Waals surface area contributed by atoms with Gasteiger partial charge < -0.3 is 26.2 Å². The lowest BCUT2D eigenvalue weighted by Crippen LogP contribution is -2.39. The van der Waals surface area contributed by atoms with Crippen LogP contribution in [0.3, 0.4) is 0 Å². The molecule has 3 aromatic rings. The maximum Gasteiger partial charge on any atom is 0.336 e. The van der Waals surface area contributed by atoms with Crippen LogP contribution in [-0.2, 0) is 9.53 Å². The average molecular weight is 517 g/mol. The third kappa shape index (κ3) is 6.22. The van der Waals surface area contributed by atoms with Gasteiger partial charge in [-0.25, -0.2) is 4.79 Å². The summed E-state index contributed by atoms with van der Waals surface area (Å²) in [5, 5.41) is 22.8. The number of amides is 2. The fraction of sp³-hybridized carbons (Fsp3) is 0.179. The van der Waals surface area contributed by atoms with Gasteiger partial charge in [0.1, 0.15) is 5.84 Å². The van der Waals surface area contributed by atoms with Crippen molar-refractivity contribution in [1.82, 2.24) is 5.32 Å². The molecule has 0 bridgehead atoms. The van der Waals surface area contributed by atoms with Crippen LogP contribution in [-0.4, -0.2) is 48.3 Å². The van der Waals surface area contributed by atoms with Crippen molar-refractivity contribution in [2.24, 2.45) is 11.1 Å². The lowest BCUT2D eigenvalue weighted by molar-refractivity contribution is -0.150. The van der Waals surface area contributed by atoms with Crippen LogP contribution in [0.25, 0.3) is 11.1 Å². The molecule has 0 aliphatic carbocycles. The van der Waals surface area contributed by atoms with E-state index in [-0.39, 0.29) is 34.6 Å². The maximum absolute atomic E-state index is 13.1. The van der Waals surface area contributed by atoms with Crippen molar-refractivity contribution < 1.29 is 29.0 Å². The number of methoxy groups -OCH3 is 1. The smallest absolute Gasteiger partial charge is 0.336 e. The van der Waals surface area contributed by atoms with E-state index >= 15 is 0 Å². The minimum atomic E-state index is -1.28. The molecule has 0 unspecified atom stereocenters. The van der Waals surface area contributed by atoms with Crippen molar-refractivity contribution in [3.63, 3.8) is 0 Å². The van der Waals surface area contributed by atoms with E-state index in [1.807, 2.05) is 0 Å². The van der Waals surface area contributed by atoms with Gasteiger partial charge in [0, 0.05) is 28.9 Å². The summed E-state index contributed by atoms with van der Waals surface area (Å²) in [6.07, 6.45) is 0. The molecule has 0 aliphatic heterocycles. The average Bonchev–Trinajstić information content (AvgIpc) is 2.91. The highest BCUT2D eigenvalue weighted by Gasteiger charge is 2.29. The Morgan fingerprint density at radius 2 is 1.50 bits per heavy atom. The Balaban J connectivity index is 1.90. The molecule has 0 saturated heterocycles. The molecule has 0 heterocycles. The van der Waals surface area contributed by atoms with Crippen LogP contribution < -0.4 is 16.4 Å². The van der Waals surface area contributed by atoms with Crippen LogP contribution in [0.15, 0.2) is 66.7 Å². The topological polar surface area (TPSA) is 172 Å². The van der Waals surface area contributed by atoms with E-state index in [0.29, 0.717) is 16.8 Å². The lowest BCUT2D eigenvalue weighted by atomic mass is 9.92. The molecule has 10 nitrogen and oxygen atoms in total. The van der Waals surface area contributed by atoms with Crippen LogP contribution in [0.1, 0.15) is 50.5 Å². The van der Waals surface area contributed by atoms with Crippen LogP contribution in [0.2, 0.25) is 0 Å². The Morgan fingerprint density at radius 1 is 0.895 bits per heavy atom. The normalized spacial score (nSPS) is 10.8. The molecule has 3 rings (SSSR count). The molecule has 0 aromatic heterocycles. The summed E-state index contributed by atoms with van der Waals surface area (Å²) in [6, 6.07) is 17.1. The summed E-state index contributed by atoms with van der Waals surface area (Å²) in [7, 11) is 1.26. The van der Waals surface area contributed by atoms with Gasteiger partial charge in [0.2, 0.25) is 0 Å². The minimum absolute atomic E-state index is 0.0148. The van der Waals surface area contributed by atoms with Gasteiger partial charge in [-0.05, 0) is 67.4 Å². The SMILES string of the molecule is COC(=O)C(C)(C)CNC(=O)c1ccc(-c2ccccc2C(=O)Nc2ccc(C(=N)N)cc2)c(C(=O)O)c1. The Labute approximate surface area is 219 Å². The summed E-state index contributed by atoms with van der Waals surface area (Å²) in [4.78, 5) is 49.9. The monoisotopic (exact) mass is 516 g/mol. The number of ether oxygens (including phenoxy) is 1. The molecule has 0 aliphatic rings. The van der Waals surface area contributed by atoms with Gasteiger partial charge in [-0.1, -0.05) is 24.3 Å². The highest BCUT2D eigenvalue weighted by atomic mass is 16.5. The van der Waals surface area contributed by atoms with Crippen molar-refractivity contribution in [2.75, 3.05) is 19.0 Å². The van der Waals surface area contributed by atoms with Gasteiger partial charge in [0.15, 0.2) is 0 Å². The number of hydrogen-bond acceptors (Lipinski definition) is 6. The molecule has 0 fully saturated rings. The van der Waals surface area contributed by atoms with E-state index in [2.05, 4.69) is 10.6 Å². The predicted octanol–water partition coefficient (Wildman–Crippen LogP) is 3.52. The molecule has 6 N–H and O–H groups in total. The number of carboxylic acids is 1. The molecule has 0 spiro atoms. The summed E-state index contributed by atoms with van der Waals surface area (Å²) in [6.45, 7) is 3.22. The number of carbonyl (C=O) groups excluding carboxylic acids is 3. The fourth-order valence-electron chi connectivity index (χ4n) is 3.70. The van der Waals surface area contributed by atoms with Crippen molar-refractivity contribution in [1.29, 1.82) is 5.41 Å². The highest BCUT2D eigenvalue weighted by Crippen LogP contribution is 2.29. The molecule has 0 radical (unpaired) electrons. The van der Waals surface area contributed by atoms with E-state index in [1.165, 1.54) is 25.3 Å². The van der Waals surface area contributed by atoms with E-state index in [4.69, 9.17) is 15.9 Å². The third-order valence-corrected chi connectivity index (χ3v) is 5.86. The summed E-state index contributed by atoms with van der Waals surface area (Å²) in [5.74, 6) is -2.90. The largest absolute Gasteiger partial charge is 0.478 e. The summed E-state index contributed by atoms with van der Waals surface area (Å²) in [5.41, 5.74) is 6.22. The van der Waals surface area contributed by atoms with Crippen LogP contribution in [0.5, 0.6) is 0 Å². The number of amidine groups is 1. The highest BCUT2D eigenvalue weighted by molar-refractivity contribution is 6.11. The quantitative estimate of drug-likeness (QED) is 0.164. The van der Waals surface area contributed by atoms with Crippen LogP contribution in [0, 0.1) is 10.8 Å². The number of nitrogens with one attached hydrogen (secondary N) is 3. The van der Waals surface area contributed by atoms with Gasteiger partial charge in [-0.3, -0.25) is 19.8 Å². The molecule has 38 heavy (non-hydrogen) atoms. The number of carboxylic acid groups (broad SMARTS) is 1. The predicted molar refractivity (Wildman–Crippen MR) is 142 cm³/mol. The number of benzene rings is 3. The first-order valence-electron chi connectivity index (χ1n) is 11.5. The minimum Gasteiger partial charge on any atom is -0.478 e. The number of esters is 1. The van der Waals surface area contributed by atoms with Gasteiger partial charge in [-0.2, -0.15) is 0 Å². The second-order valence-corrected chi connectivity index (χ2v) is 9.11. The van der Waals surface area contributed by atoms with Gasteiger partial charge in [0.25, 0.3) is 11.8 Å². The number of nitrogens with two attached hydrogens (primary N) is 1. The zero-order chi connectivity index (χ0) is 28.0. The first kappa shape index (κ1) is 27.6. The Bertz CT molecular complexity index is 1410. The number of hydrogen-bond donors (Lipinski definition) is 5. The second kappa shape index (κ2) is 11.4. The Hall–Kier alpha value is -4.99. The zero-order valence-electron chi connectivity index (χ0n) is 21.1. The van der Waals surface area contributed by atoms with E-state index in [1.54, 1.807) is 62.4 Å². The molecule has 10 heteroatoms. The molecular weight excluding hydrogens is 488 g/mol. The number of nitrogen functional groups attached to an aromatic ring is 1. The number of aromatic carboxylic acids is 1. The van der Waals surface area contributed by atoms with Crippen molar-refractivity contribution in [2.45, 2.75) is 13.8 Å². The van der Waals surface area contributed by atoms with Crippen molar-refractivity contribution in [3.8, 4) is 11.1 Å². The van der Waals surface area contributed by atoms with Crippen molar-refractivity contribution >= 4 is 35.3 Å². The van der Waals surface area contributed by atoms with Crippen LogP contribution >= 0.6 is 0 Å². The van der Waals surface area contributed by atoms with E-state index in [9.17, 15) is 24.3 Å². The third-order valence-electron chi connectivity index (χ3n) is 5.86. The second-order valence-electron chi connectivity index (χ2n) is 9.11. The van der Waals surface area contributed by atoms with E-state index < -0.39 is 29.2 Å². The molecule has 3 aromatic carbocycles. The lowest BCUT2D eigenvalue weighted by Gasteiger charge is -2.21. The maximum atomic E-state index is 13.1. The van der Waals surface area contributed by atoms with Crippen molar-refractivity contribution in [3.05, 3.63) is 89.0 Å². The first-order valence-corrected chi connectivity index (χ1v) is 11.5. The molecular formula is C28H28N4O6. The molecule has 0 saturated carbocycles. The zero-order valence-corrected chi connectivity index (χ0v) is 21.1. The van der Waals surface area contributed by atoms with Gasteiger partial charge in [-0.15, -0.1) is 0 Å². The Morgan fingerprint density at radius 3 is 2.11 bits per heavy atom. The molecule has 0 atom stereocenters. The number of anilines is 1. The van der Waals surface area contributed by atoms with Gasteiger partial charge in [0.05, 0.1) is 18.1 Å². The standard InChI is InChI=1S/C28H28N4O6/c1-28(2,27(37)38-3)15-31-24(33)17-10-13-20(22(14-17)26(35)36)19-6-4-5-7-21(19)25(34)32-18-11-8-16(9-12-18)23(29)30/h4-14H,15H2,1-3H3,(H3,29,30)(H,31,33)(H,32,34)(H,35,36). The van der Waals surface area contributed by atoms with E-state index in [0.717, 1.165) is 0 Å². The molecule has 196 valence electrons. The molecule has 2 amide bonds. The summed E-state index contributed by atoms with van der Waals surface area (Å²) >= 11 is 0. The van der Waals surface area contributed by atoms with Gasteiger partial charge >= 0.3 is 11.9 Å². The Kier molecular flexibility index (Phi) is 8.26. The first-order chi connectivity index (χ1) is 17.9. The number of carbonyl (C=O) groups is 4. The summed E-state index contributed by atoms with van der Waals surface area (Å²) < 4.78 is 4.74.